The summed E-state index contributed by atoms with van der Waals surface area (Å²) in [5, 5.41) is 1.08. The lowest BCUT2D eigenvalue weighted by Gasteiger charge is -2.18. The second kappa shape index (κ2) is 5.94. The Morgan fingerprint density at radius 2 is 1.81 bits per heavy atom. The third-order valence-electron chi connectivity index (χ3n) is 3.57. The number of nitrogens with zero attached hydrogens (tertiary/aromatic N) is 1. The maximum absolute atomic E-state index is 6.51. The summed E-state index contributed by atoms with van der Waals surface area (Å²) in [6, 6.07) is 17.7. The van der Waals surface area contributed by atoms with Crippen molar-refractivity contribution in [3.8, 4) is 5.75 Å². The quantitative estimate of drug-likeness (QED) is 0.792. The van der Waals surface area contributed by atoms with Crippen molar-refractivity contribution in [2.45, 2.75) is 13.0 Å². The first kappa shape index (κ1) is 13.6. The lowest BCUT2D eigenvalue weighted by atomic mass is 9.95. The number of benzene rings is 2. The molecule has 0 saturated heterocycles. The van der Waals surface area contributed by atoms with Crippen LogP contribution < -0.4 is 10.5 Å². The zero-order valence-electron chi connectivity index (χ0n) is 12.0. The van der Waals surface area contributed by atoms with Crippen LogP contribution in [-0.4, -0.2) is 11.6 Å². The fraction of sp³-hybridized carbons (Fsp3) is 0.167. The molecular formula is C18H18N2O. The standard InChI is InChI=1S/C18H18N2O/c1-2-21-17-11-4-3-7-15(17)18(19)14-8-5-10-16-13(14)9-6-12-20-16/h3-12,18H,2,19H2,1H3. The van der Waals surface area contributed by atoms with Gasteiger partial charge < -0.3 is 10.5 Å². The molecule has 0 fully saturated rings. The van der Waals surface area contributed by atoms with Gasteiger partial charge in [0, 0.05) is 17.1 Å². The number of nitrogens with two attached hydrogens (primary N) is 1. The number of pyridine rings is 1. The molecular weight excluding hydrogens is 260 g/mol. The zero-order chi connectivity index (χ0) is 14.7. The van der Waals surface area contributed by atoms with Gasteiger partial charge >= 0.3 is 0 Å². The summed E-state index contributed by atoms with van der Waals surface area (Å²) >= 11 is 0. The Morgan fingerprint density at radius 3 is 2.67 bits per heavy atom. The molecule has 3 aromatic rings. The van der Waals surface area contributed by atoms with Gasteiger partial charge in [-0.05, 0) is 30.7 Å². The highest BCUT2D eigenvalue weighted by molar-refractivity contribution is 5.83. The fourth-order valence-electron chi connectivity index (χ4n) is 2.59. The van der Waals surface area contributed by atoms with Crippen molar-refractivity contribution in [1.82, 2.24) is 4.98 Å². The number of aromatic nitrogens is 1. The number of ether oxygens (including phenoxy) is 1. The summed E-state index contributed by atoms with van der Waals surface area (Å²) in [6.07, 6.45) is 1.80. The molecule has 0 saturated carbocycles. The first-order valence-corrected chi connectivity index (χ1v) is 7.12. The molecule has 0 aliphatic heterocycles. The maximum Gasteiger partial charge on any atom is 0.124 e. The highest BCUT2D eigenvalue weighted by Crippen LogP contribution is 2.31. The molecule has 1 atom stereocenters. The van der Waals surface area contributed by atoms with Gasteiger partial charge in [-0.15, -0.1) is 0 Å². The molecule has 106 valence electrons. The topological polar surface area (TPSA) is 48.1 Å². The van der Waals surface area contributed by atoms with Gasteiger partial charge in [-0.25, -0.2) is 0 Å². The highest BCUT2D eigenvalue weighted by atomic mass is 16.5. The Kier molecular flexibility index (Phi) is 3.84. The minimum absolute atomic E-state index is 0.236. The van der Waals surface area contributed by atoms with Crippen LogP contribution in [0.1, 0.15) is 24.1 Å². The number of para-hydroxylation sites is 1. The number of rotatable bonds is 4. The molecule has 3 nitrogen and oxygen atoms in total. The molecule has 0 aliphatic rings. The van der Waals surface area contributed by atoms with Gasteiger partial charge in [0.1, 0.15) is 5.75 Å². The second-order valence-corrected chi connectivity index (χ2v) is 4.87. The van der Waals surface area contributed by atoms with Crippen LogP contribution in [0, 0.1) is 0 Å². The van der Waals surface area contributed by atoms with Gasteiger partial charge in [0.2, 0.25) is 0 Å². The van der Waals surface area contributed by atoms with Crippen LogP contribution in [-0.2, 0) is 0 Å². The Balaban J connectivity index is 2.11. The summed E-state index contributed by atoms with van der Waals surface area (Å²) in [6.45, 7) is 2.60. The first-order valence-electron chi connectivity index (χ1n) is 7.12. The molecule has 1 heterocycles. The van der Waals surface area contributed by atoms with E-state index in [0.717, 1.165) is 27.8 Å². The average molecular weight is 278 g/mol. The third-order valence-corrected chi connectivity index (χ3v) is 3.57. The van der Waals surface area contributed by atoms with E-state index in [1.165, 1.54) is 0 Å². The van der Waals surface area contributed by atoms with Crippen molar-refractivity contribution in [2.24, 2.45) is 5.73 Å². The molecule has 0 aliphatic carbocycles. The Morgan fingerprint density at radius 1 is 1.00 bits per heavy atom. The van der Waals surface area contributed by atoms with Crippen molar-refractivity contribution in [3.63, 3.8) is 0 Å². The van der Waals surface area contributed by atoms with Crippen LogP contribution >= 0.6 is 0 Å². The van der Waals surface area contributed by atoms with Crippen LogP contribution in [0.25, 0.3) is 10.9 Å². The molecule has 1 unspecified atom stereocenters. The summed E-state index contributed by atoms with van der Waals surface area (Å²) in [5.74, 6) is 0.841. The van der Waals surface area contributed by atoms with E-state index in [4.69, 9.17) is 10.5 Å². The van der Waals surface area contributed by atoms with Crippen molar-refractivity contribution in [1.29, 1.82) is 0 Å². The first-order chi connectivity index (χ1) is 10.3. The van der Waals surface area contributed by atoms with Gasteiger partial charge in [-0.2, -0.15) is 0 Å². The predicted octanol–water partition coefficient (Wildman–Crippen LogP) is 3.68. The Bertz CT molecular complexity index is 750. The third kappa shape index (κ3) is 2.60. The minimum Gasteiger partial charge on any atom is -0.494 e. The minimum atomic E-state index is -0.236. The van der Waals surface area contributed by atoms with Gasteiger partial charge in [0.05, 0.1) is 18.2 Å². The predicted molar refractivity (Wildman–Crippen MR) is 85.4 cm³/mol. The molecule has 2 N–H and O–H groups in total. The van der Waals surface area contributed by atoms with Crippen molar-refractivity contribution in [3.05, 3.63) is 71.9 Å². The van der Waals surface area contributed by atoms with Crippen molar-refractivity contribution in [2.75, 3.05) is 6.61 Å². The van der Waals surface area contributed by atoms with Crippen LogP contribution in [0.15, 0.2) is 60.8 Å². The molecule has 0 amide bonds. The average Bonchev–Trinajstić information content (AvgIpc) is 2.54. The lowest BCUT2D eigenvalue weighted by molar-refractivity contribution is 0.335. The molecule has 0 radical (unpaired) electrons. The van der Waals surface area contributed by atoms with Gasteiger partial charge in [-0.1, -0.05) is 36.4 Å². The normalized spacial score (nSPS) is 12.3. The molecule has 3 heteroatoms. The monoisotopic (exact) mass is 278 g/mol. The van der Waals surface area contributed by atoms with Crippen LogP contribution in [0.5, 0.6) is 5.75 Å². The Labute approximate surface area is 124 Å². The van der Waals surface area contributed by atoms with E-state index in [-0.39, 0.29) is 6.04 Å². The summed E-state index contributed by atoms with van der Waals surface area (Å²) in [5.41, 5.74) is 9.52. The van der Waals surface area contributed by atoms with E-state index in [0.29, 0.717) is 6.61 Å². The van der Waals surface area contributed by atoms with E-state index < -0.39 is 0 Å². The second-order valence-electron chi connectivity index (χ2n) is 4.87. The van der Waals surface area contributed by atoms with Crippen molar-refractivity contribution >= 4 is 10.9 Å². The molecule has 0 spiro atoms. The van der Waals surface area contributed by atoms with E-state index >= 15 is 0 Å². The van der Waals surface area contributed by atoms with Gasteiger partial charge in [0.25, 0.3) is 0 Å². The van der Waals surface area contributed by atoms with Crippen LogP contribution in [0.4, 0.5) is 0 Å². The number of fused-ring (bicyclic) bond motifs is 1. The highest BCUT2D eigenvalue weighted by Gasteiger charge is 2.16. The van der Waals surface area contributed by atoms with Crippen molar-refractivity contribution < 1.29 is 4.74 Å². The molecule has 2 aromatic carbocycles. The van der Waals surface area contributed by atoms with E-state index in [1.807, 2.05) is 49.4 Å². The molecule has 21 heavy (non-hydrogen) atoms. The molecule has 3 rings (SSSR count). The summed E-state index contributed by atoms with van der Waals surface area (Å²) in [7, 11) is 0. The number of hydrogen-bond donors (Lipinski definition) is 1. The van der Waals surface area contributed by atoms with Gasteiger partial charge in [-0.3, -0.25) is 4.98 Å². The summed E-state index contributed by atoms with van der Waals surface area (Å²) < 4.78 is 5.70. The smallest absolute Gasteiger partial charge is 0.124 e. The largest absolute Gasteiger partial charge is 0.494 e. The maximum atomic E-state index is 6.51. The summed E-state index contributed by atoms with van der Waals surface area (Å²) in [4.78, 5) is 4.39. The fourth-order valence-corrected chi connectivity index (χ4v) is 2.59. The number of hydrogen-bond acceptors (Lipinski definition) is 3. The molecule has 0 bridgehead atoms. The SMILES string of the molecule is CCOc1ccccc1C(N)c1cccc2ncccc12. The van der Waals surface area contributed by atoms with Gasteiger partial charge in [0.15, 0.2) is 0 Å². The van der Waals surface area contributed by atoms with E-state index in [1.54, 1.807) is 6.20 Å². The van der Waals surface area contributed by atoms with Crippen LogP contribution in [0.2, 0.25) is 0 Å². The molecule has 1 aromatic heterocycles. The lowest BCUT2D eigenvalue weighted by Crippen LogP contribution is -2.14. The van der Waals surface area contributed by atoms with E-state index in [2.05, 4.69) is 17.1 Å². The van der Waals surface area contributed by atoms with E-state index in [9.17, 15) is 0 Å². The van der Waals surface area contributed by atoms with Crippen LogP contribution in [0.3, 0.4) is 0 Å². The Hall–Kier alpha value is -2.39. The zero-order valence-corrected chi connectivity index (χ0v) is 12.0.